The van der Waals surface area contributed by atoms with E-state index in [1.165, 1.54) is 6.42 Å². The number of hydrogen-bond acceptors (Lipinski definition) is 1. The highest BCUT2D eigenvalue weighted by Crippen LogP contribution is 2.38. The van der Waals surface area contributed by atoms with Crippen LogP contribution >= 0.6 is 0 Å². The number of rotatable bonds is 0. The van der Waals surface area contributed by atoms with Gasteiger partial charge in [-0.25, -0.2) is 0 Å². The summed E-state index contributed by atoms with van der Waals surface area (Å²) in [4.78, 5) is 4.34. The third-order valence-electron chi connectivity index (χ3n) is 2.34. The first-order valence-corrected chi connectivity index (χ1v) is 3.77. The first kappa shape index (κ1) is 5.90. The quantitative estimate of drug-likeness (QED) is 0.448. The van der Waals surface area contributed by atoms with E-state index in [-0.39, 0.29) is 0 Å². The van der Waals surface area contributed by atoms with Gasteiger partial charge in [0.05, 0.1) is 6.04 Å². The van der Waals surface area contributed by atoms with Crippen molar-refractivity contribution < 1.29 is 0 Å². The smallest absolute Gasteiger partial charge is 0.0636 e. The molecule has 0 bridgehead atoms. The van der Waals surface area contributed by atoms with Gasteiger partial charge in [-0.1, -0.05) is 17.7 Å². The van der Waals surface area contributed by atoms with Crippen LogP contribution in [0.4, 0.5) is 0 Å². The van der Waals surface area contributed by atoms with E-state index in [0.717, 1.165) is 0 Å². The number of nitrogens with zero attached hydrogens (tertiary/aromatic N) is 1. The van der Waals surface area contributed by atoms with Gasteiger partial charge in [0.1, 0.15) is 0 Å². The Balaban J connectivity index is 2.19. The van der Waals surface area contributed by atoms with Gasteiger partial charge < -0.3 is 0 Å². The SMILES string of the molecule is C/C=C1\CC2N=CC=CC12. The first-order valence-electron chi connectivity index (χ1n) is 3.77. The number of hydrogen-bond donors (Lipinski definition) is 0. The lowest BCUT2D eigenvalue weighted by atomic mass is 9.73. The largest absolute Gasteiger partial charge is 0.289 e. The second-order valence-electron chi connectivity index (χ2n) is 2.84. The van der Waals surface area contributed by atoms with Gasteiger partial charge in [-0.15, -0.1) is 0 Å². The second kappa shape index (κ2) is 2.08. The summed E-state index contributed by atoms with van der Waals surface area (Å²) < 4.78 is 0. The fraction of sp³-hybridized carbons (Fsp3) is 0.444. The molecular weight excluding hydrogens is 122 g/mol. The van der Waals surface area contributed by atoms with E-state index >= 15 is 0 Å². The Kier molecular flexibility index (Phi) is 1.23. The molecule has 0 amide bonds. The van der Waals surface area contributed by atoms with Crippen LogP contribution in [0.2, 0.25) is 0 Å². The van der Waals surface area contributed by atoms with E-state index in [1.54, 1.807) is 5.57 Å². The van der Waals surface area contributed by atoms with Crippen molar-refractivity contribution in [3.8, 4) is 0 Å². The molecule has 1 aliphatic heterocycles. The summed E-state index contributed by atoms with van der Waals surface area (Å²) in [6, 6.07) is 0.580. The lowest BCUT2D eigenvalue weighted by molar-refractivity contribution is 0.437. The average molecular weight is 133 g/mol. The highest BCUT2D eigenvalue weighted by molar-refractivity contribution is 5.73. The van der Waals surface area contributed by atoms with Crippen molar-refractivity contribution in [1.29, 1.82) is 0 Å². The van der Waals surface area contributed by atoms with Crippen molar-refractivity contribution in [2.45, 2.75) is 19.4 Å². The summed E-state index contributed by atoms with van der Waals surface area (Å²) in [5.74, 6) is 0.648. The summed E-state index contributed by atoms with van der Waals surface area (Å²) in [5.41, 5.74) is 1.55. The summed E-state index contributed by atoms with van der Waals surface area (Å²) in [6.45, 7) is 2.11. The van der Waals surface area contributed by atoms with Crippen molar-refractivity contribution in [2.75, 3.05) is 0 Å². The standard InChI is InChI=1S/C9H11N/c1-2-7-6-9-8(7)4-3-5-10-9/h2-5,8-9H,6H2,1H3/b7-2+. The summed E-state index contributed by atoms with van der Waals surface area (Å²) in [7, 11) is 0. The monoisotopic (exact) mass is 133 g/mol. The third kappa shape index (κ3) is 0.666. The van der Waals surface area contributed by atoms with Crippen molar-refractivity contribution >= 4 is 6.21 Å². The highest BCUT2D eigenvalue weighted by Gasteiger charge is 2.33. The zero-order chi connectivity index (χ0) is 6.97. The Morgan fingerprint density at radius 3 is 3.30 bits per heavy atom. The van der Waals surface area contributed by atoms with E-state index in [0.29, 0.717) is 12.0 Å². The van der Waals surface area contributed by atoms with E-state index in [1.807, 2.05) is 12.3 Å². The molecule has 1 fully saturated rings. The summed E-state index contributed by atoms with van der Waals surface area (Å²) >= 11 is 0. The molecule has 1 heterocycles. The van der Waals surface area contributed by atoms with Gasteiger partial charge in [-0.2, -0.15) is 0 Å². The van der Waals surface area contributed by atoms with Crippen molar-refractivity contribution in [2.24, 2.45) is 10.9 Å². The van der Waals surface area contributed by atoms with Gasteiger partial charge in [-0.3, -0.25) is 4.99 Å². The van der Waals surface area contributed by atoms with Crippen molar-refractivity contribution in [1.82, 2.24) is 0 Å². The molecule has 0 aromatic carbocycles. The molecule has 0 N–H and O–H groups in total. The van der Waals surface area contributed by atoms with Gasteiger partial charge in [0.25, 0.3) is 0 Å². The Morgan fingerprint density at radius 1 is 1.70 bits per heavy atom. The number of aliphatic imine (C=N–C) groups is 1. The Labute approximate surface area is 61.2 Å². The zero-order valence-corrected chi connectivity index (χ0v) is 6.12. The minimum atomic E-state index is 0.580. The molecule has 2 atom stereocenters. The molecule has 10 heavy (non-hydrogen) atoms. The predicted molar refractivity (Wildman–Crippen MR) is 43.3 cm³/mol. The van der Waals surface area contributed by atoms with Crippen LogP contribution in [0.3, 0.4) is 0 Å². The van der Waals surface area contributed by atoms with E-state index in [4.69, 9.17) is 0 Å². The lowest BCUT2D eigenvalue weighted by Crippen LogP contribution is -2.32. The van der Waals surface area contributed by atoms with Crippen molar-refractivity contribution in [3.05, 3.63) is 23.8 Å². The zero-order valence-electron chi connectivity index (χ0n) is 6.12. The van der Waals surface area contributed by atoms with Crippen LogP contribution in [0.5, 0.6) is 0 Å². The molecule has 1 aliphatic carbocycles. The van der Waals surface area contributed by atoms with Gasteiger partial charge in [0, 0.05) is 12.1 Å². The van der Waals surface area contributed by atoms with E-state index in [9.17, 15) is 0 Å². The third-order valence-corrected chi connectivity index (χ3v) is 2.34. The van der Waals surface area contributed by atoms with Gasteiger partial charge >= 0.3 is 0 Å². The fourth-order valence-electron chi connectivity index (χ4n) is 1.63. The van der Waals surface area contributed by atoms with Crippen LogP contribution in [0, 0.1) is 5.92 Å². The summed E-state index contributed by atoms with van der Waals surface area (Å²) in [6.07, 6.45) is 9.60. The highest BCUT2D eigenvalue weighted by atomic mass is 14.8. The van der Waals surface area contributed by atoms with Crippen LogP contribution in [0.1, 0.15) is 13.3 Å². The maximum Gasteiger partial charge on any atom is 0.0636 e. The Morgan fingerprint density at radius 2 is 2.60 bits per heavy atom. The molecule has 1 saturated carbocycles. The predicted octanol–water partition coefficient (Wildman–Crippen LogP) is 1.96. The topological polar surface area (TPSA) is 12.4 Å². The first-order chi connectivity index (χ1) is 4.92. The van der Waals surface area contributed by atoms with Crippen LogP contribution in [0.25, 0.3) is 0 Å². The molecule has 0 saturated heterocycles. The normalized spacial score (nSPS) is 39.5. The van der Waals surface area contributed by atoms with Gasteiger partial charge in [0.2, 0.25) is 0 Å². The van der Waals surface area contributed by atoms with Crippen LogP contribution in [-0.4, -0.2) is 12.3 Å². The average Bonchev–Trinajstić information content (AvgIpc) is 1.92. The van der Waals surface area contributed by atoms with E-state index in [2.05, 4.69) is 24.1 Å². The maximum atomic E-state index is 4.34. The van der Waals surface area contributed by atoms with Crippen molar-refractivity contribution in [3.63, 3.8) is 0 Å². The molecule has 52 valence electrons. The second-order valence-corrected chi connectivity index (χ2v) is 2.84. The maximum absolute atomic E-state index is 4.34. The number of dihydropyridines is 1. The van der Waals surface area contributed by atoms with Crippen LogP contribution < -0.4 is 0 Å². The molecule has 0 aromatic rings. The molecule has 0 radical (unpaired) electrons. The van der Waals surface area contributed by atoms with E-state index < -0.39 is 0 Å². The Bertz CT molecular complexity index is 223. The summed E-state index contributed by atoms with van der Waals surface area (Å²) in [5, 5.41) is 0. The minimum Gasteiger partial charge on any atom is -0.289 e. The van der Waals surface area contributed by atoms with Gasteiger partial charge in [0.15, 0.2) is 0 Å². The molecule has 2 unspecified atom stereocenters. The molecule has 2 rings (SSSR count). The molecule has 2 aliphatic rings. The molecule has 1 heteroatoms. The molecule has 0 spiro atoms. The molecular formula is C9H11N. The number of fused-ring (bicyclic) bond motifs is 1. The van der Waals surface area contributed by atoms with Gasteiger partial charge in [-0.05, 0) is 19.4 Å². The number of allylic oxidation sites excluding steroid dienone is 2. The minimum absolute atomic E-state index is 0.580. The Hall–Kier alpha value is -0.850. The molecule has 1 nitrogen and oxygen atoms in total. The molecule has 0 aromatic heterocycles. The fourth-order valence-corrected chi connectivity index (χ4v) is 1.63. The van der Waals surface area contributed by atoms with Crippen LogP contribution in [0.15, 0.2) is 28.8 Å². The lowest BCUT2D eigenvalue weighted by Gasteiger charge is -2.36. The van der Waals surface area contributed by atoms with Crippen LogP contribution in [-0.2, 0) is 0 Å².